The molecule has 0 spiro atoms. The van der Waals surface area contributed by atoms with Crippen molar-refractivity contribution < 1.29 is 61.6 Å². The third-order valence-electron chi connectivity index (χ3n) is 4.43. The summed E-state index contributed by atoms with van der Waals surface area (Å²) in [4.78, 5) is 0. The molecule has 14 heteroatoms. The molecule has 2 bridgehead atoms. The lowest BCUT2D eigenvalue weighted by Crippen LogP contribution is -2.63. The lowest BCUT2D eigenvalue weighted by Gasteiger charge is -2.44. The molecule has 0 aromatic heterocycles. The maximum absolute atomic E-state index is 11.1. The highest BCUT2D eigenvalue weighted by molar-refractivity contribution is 7.80. The molecule has 0 aliphatic carbocycles. The third kappa shape index (κ3) is 3.87. The molecular formula is C12H20O13S. The Morgan fingerprint density at radius 1 is 1.00 bits per heavy atom. The molecule has 3 fully saturated rings. The van der Waals surface area contributed by atoms with E-state index in [-0.39, 0.29) is 6.61 Å². The number of aliphatic hydroxyl groups excluding tert-OH is 5. The van der Waals surface area contributed by atoms with Crippen LogP contribution in [0.15, 0.2) is 0 Å². The number of aliphatic hydroxyl groups is 5. The van der Waals surface area contributed by atoms with E-state index in [1.165, 1.54) is 0 Å². The summed E-state index contributed by atoms with van der Waals surface area (Å²) >= 11 is 0. The minimum absolute atomic E-state index is 0.0219. The van der Waals surface area contributed by atoms with E-state index in [4.69, 9.17) is 23.5 Å². The molecule has 152 valence electrons. The smallest absolute Gasteiger partial charge is 0.394 e. The molecule has 0 aromatic rings. The van der Waals surface area contributed by atoms with Crippen molar-refractivity contribution in [3.8, 4) is 0 Å². The number of hydrogen-bond acceptors (Lipinski definition) is 12. The molecule has 10 atom stereocenters. The van der Waals surface area contributed by atoms with Crippen LogP contribution in [0.2, 0.25) is 0 Å². The van der Waals surface area contributed by atoms with Gasteiger partial charge in [-0.1, -0.05) is 0 Å². The number of hydrogen-bond donors (Lipinski definition) is 6. The molecule has 0 aromatic carbocycles. The van der Waals surface area contributed by atoms with Crippen LogP contribution in [-0.4, -0.2) is 113 Å². The molecule has 3 heterocycles. The first kappa shape index (κ1) is 20.2. The van der Waals surface area contributed by atoms with E-state index < -0.39 is 78.4 Å². The second-order valence-electron chi connectivity index (χ2n) is 6.15. The van der Waals surface area contributed by atoms with Crippen molar-refractivity contribution in [3.05, 3.63) is 0 Å². The third-order valence-corrected chi connectivity index (χ3v) is 4.90. The van der Waals surface area contributed by atoms with Crippen molar-refractivity contribution >= 4 is 10.4 Å². The molecule has 3 rings (SSSR count). The topological polar surface area (TPSA) is 202 Å². The van der Waals surface area contributed by atoms with E-state index in [9.17, 15) is 34.0 Å². The molecular weight excluding hydrogens is 384 g/mol. The standard InChI is InChI=1S/C12H20O13S/c13-1-3-8(25-26(18,19)20)10(6(15)11(17)22-3)24-12-7(16)9-5(14)4(23-12)2-21-9/h3-17H,1-2H2,(H,18,19,20)/t3-,4+,5?,6-,7-,8+,9?,10-,11-,12-/m1/s1. The van der Waals surface area contributed by atoms with Gasteiger partial charge in [0.1, 0.15) is 48.8 Å². The van der Waals surface area contributed by atoms with Gasteiger partial charge in [-0.15, -0.1) is 0 Å². The number of rotatable bonds is 5. The van der Waals surface area contributed by atoms with Gasteiger partial charge in [0.15, 0.2) is 12.6 Å². The van der Waals surface area contributed by atoms with Gasteiger partial charge in [-0.3, -0.25) is 4.55 Å². The molecule has 3 aliphatic rings. The fraction of sp³-hybridized carbons (Fsp3) is 1.00. The van der Waals surface area contributed by atoms with Crippen LogP contribution >= 0.6 is 0 Å². The molecule has 3 saturated heterocycles. The molecule has 3 aliphatic heterocycles. The van der Waals surface area contributed by atoms with Gasteiger partial charge in [-0.25, -0.2) is 4.18 Å². The van der Waals surface area contributed by atoms with E-state index in [0.29, 0.717) is 0 Å². The monoisotopic (exact) mass is 404 g/mol. The summed E-state index contributed by atoms with van der Waals surface area (Å²) in [6.45, 7) is -0.864. The van der Waals surface area contributed by atoms with E-state index in [0.717, 1.165) is 0 Å². The Hall–Kier alpha value is -0.490. The second kappa shape index (κ2) is 7.50. The van der Waals surface area contributed by atoms with Crippen molar-refractivity contribution in [3.63, 3.8) is 0 Å². The molecule has 13 nitrogen and oxygen atoms in total. The predicted molar refractivity (Wildman–Crippen MR) is 75.7 cm³/mol. The Labute approximate surface area is 147 Å². The number of fused-ring (bicyclic) bond motifs is 2. The minimum Gasteiger partial charge on any atom is -0.394 e. The fourth-order valence-corrected chi connectivity index (χ4v) is 3.69. The molecule has 0 amide bonds. The summed E-state index contributed by atoms with van der Waals surface area (Å²) < 4.78 is 56.2. The van der Waals surface area contributed by atoms with Gasteiger partial charge in [0.05, 0.1) is 13.2 Å². The van der Waals surface area contributed by atoms with Crippen molar-refractivity contribution in [1.29, 1.82) is 0 Å². The van der Waals surface area contributed by atoms with Crippen LogP contribution in [-0.2, 0) is 33.5 Å². The van der Waals surface area contributed by atoms with E-state index in [1.807, 2.05) is 0 Å². The Morgan fingerprint density at radius 2 is 1.69 bits per heavy atom. The van der Waals surface area contributed by atoms with Crippen molar-refractivity contribution in [2.75, 3.05) is 13.2 Å². The van der Waals surface area contributed by atoms with Gasteiger partial charge in [0.2, 0.25) is 0 Å². The summed E-state index contributed by atoms with van der Waals surface area (Å²) in [6.07, 6.45) is -14.6. The quantitative estimate of drug-likeness (QED) is 0.239. The Kier molecular flexibility index (Phi) is 5.84. The van der Waals surface area contributed by atoms with Crippen LogP contribution in [0.3, 0.4) is 0 Å². The summed E-state index contributed by atoms with van der Waals surface area (Å²) in [5.74, 6) is 0. The van der Waals surface area contributed by atoms with Crippen LogP contribution in [0, 0.1) is 0 Å². The average Bonchev–Trinajstić information content (AvgIpc) is 2.82. The first-order valence-corrected chi connectivity index (χ1v) is 9.05. The summed E-state index contributed by atoms with van der Waals surface area (Å²) in [6, 6.07) is 0. The molecule has 26 heavy (non-hydrogen) atoms. The first-order chi connectivity index (χ1) is 12.1. The normalized spacial score (nSPS) is 49.3. The predicted octanol–water partition coefficient (Wildman–Crippen LogP) is -4.52. The maximum atomic E-state index is 11.1. The lowest BCUT2D eigenvalue weighted by molar-refractivity contribution is -0.338. The highest BCUT2D eigenvalue weighted by Gasteiger charge is 2.54. The zero-order chi connectivity index (χ0) is 19.2. The van der Waals surface area contributed by atoms with E-state index >= 15 is 0 Å². The van der Waals surface area contributed by atoms with Crippen molar-refractivity contribution in [2.24, 2.45) is 0 Å². The van der Waals surface area contributed by atoms with Crippen LogP contribution in [0.25, 0.3) is 0 Å². The fourth-order valence-electron chi connectivity index (χ4n) is 3.18. The Morgan fingerprint density at radius 3 is 2.31 bits per heavy atom. The van der Waals surface area contributed by atoms with Gasteiger partial charge in [-0.2, -0.15) is 8.42 Å². The average molecular weight is 404 g/mol. The highest BCUT2D eigenvalue weighted by Crippen LogP contribution is 2.33. The molecule has 0 saturated carbocycles. The highest BCUT2D eigenvalue weighted by atomic mass is 32.3. The van der Waals surface area contributed by atoms with Gasteiger partial charge in [0, 0.05) is 0 Å². The van der Waals surface area contributed by atoms with E-state index in [2.05, 4.69) is 4.18 Å². The van der Waals surface area contributed by atoms with Crippen LogP contribution in [0.1, 0.15) is 0 Å². The SMILES string of the molecule is O=S(=O)(O)O[C@@H]1[C@H](O[C@H]2O[C@H]3COC(C3O)[C@H]2O)[C@@H](O)[C@H](O)O[C@@H]1CO. The van der Waals surface area contributed by atoms with E-state index in [1.54, 1.807) is 0 Å². The maximum Gasteiger partial charge on any atom is 0.397 e. The van der Waals surface area contributed by atoms with Gasteiger partial charge >= 0.3 is 10.4 Å². The number of ether oxygens (including phenoxy) is 4. The van der Waals surface area contributed by atoms with Gasteiger partial charge < -0.3 is 44.5 Å². The Balaban J connectivity index is 1.81. The lowest BCUT2D eigenvalue weighted by atomic mass is 9.98. The van der Waals surface area contributed by atoms with Crippen LogP contribution in [0.5, 0.6) is 0 Å². The largest absolute Gasteiger partial charge is 0.397 e. The summed E-state index contributed by atoms with van der Waals surface area (Å²) in [5.41, 5.74) is 0. The minimum atomic E-state index is -5.04. The van der Waals surface area contributed by atoms with Crippen LogP contribution < -0.4 is 0 Å². The first-order valence-electron chi connectivity index (χ1n) is 7.69. The van der Waals surface area contributed by atoms with Gasteiger partial charge in [0.25, 0.3) is 0 Å². The second-order valence-corrected chi connectivity index (χ2v) is 7.20. The molecule has 6 N–H and O–H groups in total. The summed E-state index contributed by atoms with van der Waals surface area (Å²) in [5, 5.41) is 49.1. The summed E-state index contributed by atoms with van der Waals surface area (Å²) in [7, 11) is -5.04. The van der Waals surface area contributed by atoms with Gasteiger partial charge in [-0.05, 0) is 0 Å². The molecule has 0 radical (unpaired) electrons. The zero-order valence-electron chi connectivity index (χ0n) is 13.1. The van der Waals surface area contributed by atoms with Crippen LogP contribution in [0.4, 0.5) is 0 Å². The van der Waals surface area contributed by atoms with Crippen molar-refractivity contribution in [1.82, 2.24) is 0 Å². The zero-order valence-corrected chi connectivity index (χ0v) is 14.0. The molecule has 2 unspecified atom stereocenters. The Bertz CT molecular complexity index is 598. The van der Waals surface area contributed by atoms with Crippen molar-refractivity contribution in [2.45, 2.75) is 61.4 Å².